The van der Waals surface area contributed by atoms with Gasteiger partial charge in [0.25, 0.3) is 0 Å². The van der Waals surface area contributed by atoms with Crippen LogP contribution in [0.1, 0.15) is 32.8 Å². The Hall–Kier alpha value is -2.26. The summed E-state index contributed by atoms with van der Waals surface area (Å²) in [6.45, 7) is 5.67. The van der Waals surface area contributed by atoms with Gasteiger partial charge in [0.05, 0.1) is 17.3 Å². The van der Waals surface area contributed by atoms with Gasteiger partial charge in [-0.3, -0.25) is 14.5 Å². The highest BCUT2D eigenvalue weighted by Gasteiger charge is 2.48. The summed E-state index contributed by atoms with van der Waals surface area (Å²) in [5, 5.41) is 8.98. The number of carbonyl (C=O) groups is 2. The van der Waals surface area contributed by atoms with Crippen molar-refractivity contribution >= 4 is 34.8 Å². The van der Waals surface area contributed by atoms with E-state index in [9.17, 15) is 9.59 Å². The first-order chi connectivity index (χ1) is 9.83. The molecule has 0 N–H and O–H groups in total. The van der Waals surface area contributed by atoms with Crippen LogP contribution in [0.25, 0.3) is 0 Å². The monoisotopic (exact) mass is 301 g/mol. The number of hydrogen-bond acceptors (Lipinski definition) is 4. The molecule has 1 fully saturated rings. The lowest BCUT2D eigenvalue weighted by Gasteiger charge is -2.33. The third-order valence-electron chi connectivity index (χ3n) is 3.70. The highest BCUT2D eigenvalue weighted by molar-refractivity contribution is 7.80. The van der Waals surface area contributed by atoms with Gasteiger partial charge in [-0.05, 0) is 56.8 Å². The number of hydrogen-bond donors (Lipinski definition) is 0. The van der Waals surface area contributed by atoms with Gasteiger partial charge in [-0.1, -0.05) is 6.92 Å². The van der Waals surface area contributed by atoms with E-state index in [0.29, 0.717) is 17.7 Å². The molecule has 0 atom stereocenters. The van der Waals surface area contributed by atoms with Crippen molar-refractivity contribution < 1.29 is 9.59 Å². The van der Waals surface area contributed by atoms with Gasteiger partial charge in [-0.25, -0.2) is 4.90 Å². The molecular weight excluding hydrogens is 286 g/mol. The molecule has 108 valence electrons. The molecule has 1 aliphatic heterocycles. The summed E-state index contributed by atoms with van der Waals surface area (Å²) < 4.78 is 0. The zero-order valence-electron chi connectivity index (χ0n) is 12.1. The van der Waals surface area contributed by atoms with Crippen molar-refractivity contribution in [2.24, 2.45) is 0 Å². The number of rotatable bonds is 3. The zero-order chi connectivity index (χ0) is 15.8. The second-order valence-electron chi connectivity index (χ2n) is 5.39. The standard InChI is InChI=1S/C15H15N3O2S/c1-4-15(2,3)18-13(20)12(19)17(14(18)21)11-7-5-10(9-16)6-8-11/h5-8H,4H2,1-3H3. The second kappa shape index (κ2) is 5.26. The van der Waals surface area contributed by atoms with Crippen molar-refractivity contribution in [1.82, 2.24) is 4.90 Å². The Morgan fingerprint density at radius 2 is 1.76 bits per heavy atom. The van der Waals surface area contributed by atoms with E-state index in [1.807, 2.05) is 26.8 Å². The summed E-state index contributed by atoms with van der Waals surface area (Å²) >= 11 is 5.32. The number of carbonyl (C=O) groups excluding carboxylic acids is 2. The minimum absolute atomic E-state index is 0.182. The van der Waals surface area contributed by atoms with Gasteiger partial charge in [-0.2, -0.15) is 5.26 Å². The zero-order valence-corrected chi connectivity index (χ0v) is 12.9. The van der Waals surface area contributed by atoms with Crippen molar-refractivity contribution in [3.63, 3.8) is 0 Å². The Morgan fingerprint density at radius 3 is 2.24 bits per heavy atom. The molecule has 0 aliphatic carbocycles. The Balaban J connectivity index is 2.42. The average molecular weight is 301 g/mol. The summed E-state index contributed by atoms with van der Waals surface area (Å²) in [5.74, 6) is -1.28. The molecule has 21 heavy (non-hydrogen) atoms. The first-order valence-corrected chi connectivity index (χ1v) is 6.97. The molecule has 0 aromatic heterocycles. The van der Waals surface area contributed by atoms with Crippen molar-refractivity contribution in [2.45, 2.75) is 32.7 Å². The smallest absolute Gasteiger partial charge is 0.274 e. The summed E-state index contributed by atoms with van der Waals surface area (Å²) in [7, 11) is 0. The molecule has 1 saturated heterocycles. The molecule has 1 aromatic rings. The molecule has 1 aliphatic rings. The van der Waals surface area contributed by atoms with Gasteiger partial charge in [-0.15, -0.1) is 0 Å². The molecule has 0 spiro atoms. The molecule has 2 rings (SSSR count). The molecule has 2 amide bonds. The van der Waals surface area contributed by atoms with Crippen LogP contribution >= 0.6 is 12.2 Å². The van der Waals surface area contributed by atoms with E-state index in [0.717, 1.165) is 0 Å². The van der Waals surface area contributed by atoms with E-state index in [2.05, 4.69) is 0 Å². The molecule has 0 saturated carbocycles. The first kappa shape index (κ1) is 15.1. The van der Waals surface area contributed by atoms with Crippen LogP contribution < -0.4 is 4.90 Å². The van der Waals surface area contributed by atoms with Crippen LogP contribution in [0.15, 0.2) is 24.3 Å². The molecule has 0 unspecified atom stereocenters. The molecule has 1 aromatic carbocycles. The van der Waals surface area contributed by atoms with Gasteiger partial charge in [0, 0.05) is 5.54 Å². The largest absolute Gasteiger partial charge is 0.323 e. The normalized spacial score (nSPS) is 15.6. The Morgan fingerprint density at radius 1 is 1.19 bits per heavy atom. The summed E-state index contributed by atoms with van der Waals surface area (Å²) in [5.41, 5.74) is 0.450. The van der Waals surface area contributed by atoms with Crippen LogP contribution in [0.2, 0.25) is 0 Å². The Labute approximate surface area is 128 Å². The maximum absolute atomic E-state index is 12.2. The molecular formula is C15H15N3O2S. The average Bonchev–Trinajstić information content (AvgIpc) is 2.70. The van der Waals surface area contributed by atoms with E-state index >= 15 is 0 Å². The van der Waals surface area contributed by atoms with Crippen LogP contribution in [0.4, 0.5) is 5.69 Å². The highest BCUT2D eigenvalue weighted by atomic mass is 32.1. The lowest BCUT2D eigenvalue weighted by atomic mass is 10.00. The van der Waals surface area contributed by atoms with Crippen LogP contribution in [0.3, 0.4) is 0 Å². The van der Waals surface area contributed by atoms with Crippen molar-refractivity contribution in [2.75, 3.05) is 4.90 Å². The van der Waals surface area contributed by atoms with Gasteiger partial charge >= 0.3 is 11.8 Å². The van der Waals surface area contributed by atoms with Crippen LogP contribution in [0.5, 0.6) is 0 Å². The minimum atomic E-state index is -0.661. The van der Waals surface area contributed by atoms with Crippen molar-refractivity contribution in [3.8, 4) is 6.07 Å². The first-order valence-electron chi connectivity index (χ1n) is 6.56. The number of thiocarbonyl (C=S) groups is 1. The van der Waals surface area contributed by atoms with E-state index in [-0.39, 0.29) is 5.11 Å². The summed E-state index contributed by atoms with van der Waals surface area (Å²) in [6, 6.07) is 8.40. The Kier molecular flexibility index (Phi) is 3.79. The van der Waals surface area contributed by atoms with Crippen molar-refractivity contribution in [3.05, 3.63) is 29.8 Å². The quantitative estimate of drug-likeness (QED) is 0.634. The van der Waals surface area contributed by atoms with Gasteiger partial charge < -0.3 is 0 Å². The molecule has 5 nitrogen and oxygen atoms in total. The number of nitrogens with zero attached hydrogens (tertiary/aromatic N) is 3. The molecule has 1 heterocycles. The number of benzene rings is 1. The maximum atomic E-state index is 12.2. The highest BCUT2D eigenvalue weighted by Crippen LogP contribution is 2.29. The third kappa shape index (κ3) is 2.41. The third-order valence-corrected chi connectivity index (χ3v) is 4.06. The van der Waals surface area contributed by atoms with Crippen LogP contribution in [0, 0.1) is 11.3 Å². The fraction of sp³-hybridized carbons (Fsp3) is 0.333. The van der Waals surface area contributed by atoms with Gasteiger partial charge in [0.2, 0.25) is 0 Å². The summed E-state index contributed by atoms with van der Waals surface area (Å²) in [6.07, 6.45) is 0.674. The molecule has 0 radical (unpaired) electrons. The molecule has 6 heteroatoms. The van der Waals surface area contributed by atoms with E-state index < -0.39 is 17.4 Å². The van der Waals surface area contributed by atoms with E-state index in [1.165, 1.54) is 9.80 Å². The van der Waals surface area contributed by atoms with Gasteiger partial charge in [0.1, 0.15) is 0 Å². The van der Waals surface area contributed by atoms with Gasteiger partial charge in [0.15, 0.2) is 5.11 Å². The number of anilines is 1. The van der Waals surface area contributed by atoms with E-state index in [1.54, 1.807) is 24.3 Å². The lowest BCUT2D eigenvalue weighted by molar-refractivity contribution is -0.141. The lowest BCUT2D eigenvalue weighted by Crippen LogP contribution is -2.48. The second-order valence-corrected chi connectivity index (χ2v) is 5.75. The van der Waals surface area contributed by atoms with Crippen LogP contribution in [-0.4, -0.2) is 27.4 Å². The number of nitriles is 1. The predicted octanol–water partition coefficient (Wildman–Crippen LogP) is 2.21. The van der Waals surface area contributed by atoms with Crippen molar-refractivity contribution in [1.29, 1.82) is 5.26 Å². The minimum Gasteiger partial charge on any atom is -0.274 e. The predicted molar refractivity (Wildman–Crippen MR) is 82.5 cm³/mol. The Bertz CT molecular complexity index is 658. The molecule has 0 bridgehead atoms. The SMILES string of the molecule is CCC(C)(C)N1C(=O)C(=O)N(c2ccc(C#N)cc2)C1=S. The van der Waals surface area contributed by atoms with Crippen LogP contribution in [-0.2, 0) is 9.59 Å². The summed E-state index contributed by atoms with van der Waals surface area (Å²) in [4.78, 5) is 27.0. The fourth-order valence-electron chi connectivity index (χ4n) is 2.07. The number of amides is 2. The topological polar surface area (TPSA) is 64.4 Å². The fourth-order valence-corrected chi connectivity index (χ4v) is 2.59. The van der Waals surface area contributed by atoms with E-state index in [4.69, 9.17) is 17.5 Å². The maximum Gasteiger partial charge on any atom is 0.323 e.